The summed E-state index contributed by atoms with van der Waals surface area (Å²) < 4.78 is 5.21. The lowest BCUT2D eigenvalue weighted by molar-refractivity contribution is 0.150. The molecule has 0 heterocycles. The number of nitrogens with one attached hydrogen (secondary N) is 1. The first-order valence-electron chi connectivity index (χ1n) is 7.62. The number of benzene rings is 1. The van der Waals surface area contributed by atoms with Crippen molar-refractivity contribution in [2.24, 2.45) is 0 Å². The van der Waals surface area contributed by atoms with Crippen molar-refractivity contribution < 1.29 is 4.74 Å². The minimum atomic E-state index is 0.348. The second-order valence-electron chi connectivity index (χ2n) is 6.20. The first-order chi connectivity index (χ1) is 9.57. The van der Waals surface area contributed by atoms with E-state index in [1.165, 1.54) is 31.2 Å². The van der Waals surface area contributed by atoms with Gasteiger partial charge in [-0.1, -0.05) is 25.0 Å². The van der Waals surface area contributed by atoms with Crippen LogP contribution in [0.15, 0.2) is 24.3 Å². The van der Waals surface area contributed by atoms with Gasteiger partial charge >= 0.3 is 0 Å². The van der Waals surface area contributed by atoms with Crippen LogP contribution in [0.25, 0.3) is 0 Å². The topological polar surface area (TPSA) is 24.5 Å². The van der Waals surface area contributed by atoms with Crippen LogP contribution in [0.4, 0.5) is 0 Å². The number of rotatable bonds is 6. The van der Waals surface area contributed by atoms with Gasteiger partial charge in [0.1, 0.15) is 5.75 Å². The van der Waals surface area contributed by atoms with Crippen LogP contribution in [0.1, 0.15) is 44.2 Å². The minimum absolute atomic E-state index is 0.348. The Morgan fingerprint density at radius 2 is 1.80 bits per heavy atom. The fourth-order valence-corrected chi connectivity index (χ4v) is 3.17. The lowest BCUT2D eigenvalue weighted by Crippen LogP contribution is -2.50. The molecule has 0 aromatic heterocycles. The highest BCUT2D eigenvalue weighted by Gasteiger charge is 2.35. The molecule has 1 aliphatic rings. The number of hydrogen-bond acceptors (Lipinski definition) is 3. The Balaban J connectivity index is 1.95. The van der Waals surface area contributed by atoms with Crippen LogP contribution in [0, 0.1) is 0 Å². The van der Waals surface area contributed by atoms with Crippen LogP contribution in [0.3, 0.4) is 0 Å². The molecule has 1 atom stereocenters. The summed E-state index contributed by atoms with van der Waals surface area (Å²) in [6.45, 7) is 3.30. The summed E-state index contributed by atoms with van der Waals surface area (Å²) in [6.07, 6.45) is 5.33. The van der Waals surface area contributed by atoms with Crippen molar-refractivity contribution in [2.75, 3.05) is 27.7 Å². The van der Waals surface area contributed by atoms with Crippen molar-refractivity contribution in [3.8, 4) is 5.75 Å². The molecule has 0 radical (unpaired) electrons. The van der Waals surface area contributed by atoms with Crippen LogP contribution >= 0.6 is 0 Å². The van der Waals surface area contributed by atoms with Gasteiger partial charge < -0.3 is 15.0 Å². The second-order valence-corrected chi connectivity index (χ2v) is 6.20. The molecule has 2 rings (SSSR count). The lowest BCUT2D eigenvalue weighted by Gasteiger charge is -2.37. The van der Waals surface area contributed by atoms with Gasteiger partial charge in [0.15, 0.2) is 0 Å². The Morgan fingerprint density at radius 1 is 1.20 bits per heavy atom. The average Bonchev–Trinajstić information content (AvgIpc) is 2.95. The highest BCUT2D eigenvalue weighted by Crippen LogP contribution is 2.33. The first-order valence-corrected chi connectivity index (χ1v) is 7.62. The molecule has 1 N–H and O–H groups in total. The third-order valence-electron chi connectivity index (χ3n) is 4.84. The molecule has 0 aliphatic heterocycles. The van der Waals surface area contributed by atoms with Gasteiger partial charge in [0, 0.05) is 18.1 Å². The van der Waals surface area contributed by atoms with E-state index in [1.54, 1.807) is 7.11 Å². The molecule has 3 nitrogen and oxygen atoms in total. The molecule has 1 aromatic carbocycles. The third-order valence-corrected chi connectivity index (χ3v) is 4.84. The van der Waals surface area contributed by atoms with E-state index in [9.17, 15) is 0 Å². The normalized spacial score (nSPS) is 19.2. The summed E-state index contributed by atoms with van der Waals surface area (Å²) in [5.74, 6) is 0.918. The zero-order valence-electron chi connectivity index (χ0n) is 13.3. The van der Waals surface area contributed by atoms with Gasteiger partial charge in [-0.15, -0.1) is 0 Å². The Morgan fingerprint density at radius 3 is 2.30 bits per heavy atom. The third kappa shape index (κ3) is 3.33. The van der Waals surface area contributed by atoms with Gasteiger partial charge in [0.25, 0.3) is 0 Å². The lowest BCUT2D eigenvalue weighted by atomic mass is 9.95. The largest absolute Gasteiger partial charge is 0.497 e. The van der Waals surface area contributed by atoms with E-state index in [4.69, 9.17) is 4.74 Å². The Labute approximate surface area is 123 Å². The van der Waals surface area contributed by atoms with Crippen molar-refractivity contribution in [2.45, 2.75) is 44.2 Å². The van der Waals surface area contributed by atoms with Gasteiger partial charge in [-0.3, -0.25) is 0 Å². The average molecular weight is 276 g/mol. The summed E-state index contributed by atoms with van der Waals surface area (Å²) in [6, 6.07) is 8.73. The molecule has 1 fully saturated rings. The molecular weight excluding hydrogens is 248 g/mol. The highest BCUT2D eigenvalue weighted by molar-refractivity contribution is 5.28. The van der Waals surface area contributed by atoms with E-state index in [1.807, 2.05) is 12.1 Å². The minimum Gasteiger partial charge on any atom is -0.497 e. The Kier molecular flexibility index (Phi) is 5.06. The quantitative estimate of drug-likeness (QED) is 0.863. The molecule has 0 amide bonds. The van der Waals surface area contributed by atoms with E-state index in [-0.39, 0.29) is 0 Å². The van der Waals surface area contributed by atoms with Crippen molar-refractivity contribution in [1.82, 2.24) is 10.2 Å². The summed E-state index contributed by atoms with van der Waals surface area (Å²) in [5.41, 5.74) is 1.67. The van der Waals surface area contributed by atoms with Gasteiger partial charge in [0.05, 0.1) is 7.11 Å². The first kappa shape index (κ1) is 15.3. The van der Waals surface area contributed by atoms with Crippen LogP contribution in [-0.2, 0) is 0 Å². The zero-order chi connectivity index (χ0) is 14.6. The number of ether oxygens (including phenoxy) is 1. The summed E-state index contributed by atoms with van der Waals surface area (Å²) >= 11 is 0. The maximum Gasteiger partial charge on any atom is 0.118 e. The predicted molar refractivity (Wildman–Crippen MR) is 84.3 cm³/mol. The van der Waals surface area contributed by atoms with Crippen molar-refractivity contribution in [3.05, 3.63) is 29.8 Å². The molecule has 1 aromatic rings. The second kappa shape index (κ2) is 6.59. The van der Waals surface area contributed by atoms with Crippen LogP contribution in [0.2, 0.25) is 0 Å². The summed E-state index contributed by atoms with van der Waals surface area (Å²) in [5, 5.41) is 3.72. The van der Waals surface area contributed by atoms with E-state index < -0.39 is 0 Å². The van der Waals surface area contributed by atoms with E-state index in [2.05, 4.69) is 43.4 Å². The van der Waals surface area contributed by atoms with Gasteiger partial charge in [-0.05, 0) is 51.6 Å². The zero-order valence-corrected chi connectivity index (χ0v) is 13.3. The van der Waals surface area contributed by atoms with Crippen LogP contribution in [0.5, 0.6) is 5.75 Å². The Hall–Kier alpha value is -1.06. The maximum atomic E-state index is 5.21. The fraction of sp³-hybridized carbons (Fsp3) is 0.647. The van der Waals surface area contributed by atoms with Gasteiger partial charge in [-0.2, -0.15) is 0 Å². The molecule has 0 spiro atoms. The van der Waals surface area contributed by atoms with Gasteiger partial charge in [0.2, 0.25) is 0 Å². The molecular formula is C17H28N2O. The number of hydrogen-bond donors (Lipinski definition) is 1. The standard InChI is InChI=1S/C17H28N2O/c1-14(15-7-9-16(20-4)10-8-15)18-13-17(19(2)3)11-5-6-12-17/h7-10,14,18H,5-6,11-13H2,1-4H3. The maximum absolute atomic E-state index is 5.21. The molecule has 0 saturated heterocycles. The van der Waals surface area contributed by atoms with Gasteiger partial charge in [-0.25, -0.2) is 0 Å². The molecule has 20 heavy (non-hydrogen) atoms. The van der Waals surface area contributed by atoms with Crippen molar-refractivity contribution >= 4 is 0 Å². The summed E-state index contributed by atoms with van der Waals surface area (Å²) in [4.78, 5) is 2.41. The predicted octanol–water partition coefficient (Wildman–Crippen LogP) is 3.22. The number of nitrogens with zero attached hydrogens (tertiary/aromatic N) is 1. The molecule has 1 saturated carbocycles. The van der Waals surface area contributed by atoms with Crippen molar-refractivity contribution in [3.63, 3.8) is 0 Å². The molecule has 112 valence electrons. The van der Waals surface area contributed by atoms with E-state index in [0.29, 0.717) is 11.6 Å². The van der Waals surface area contributed by atoms with Crippen LogP contribution < -0.4 is 10.1 Å². The van der Waals surface area contributed by atoms with Crippen LogP contribution in [-0.4, -0.2) is 38.2 Å². The molecule has 1 aliphatic carbocycles. The Bertz CT molecular complexity index is 408. The number of methoxy groups -OCH3 is 1. The summed E-state index contributed by atoms with van der Waals surface area (Å²) in [7, 11) is 6.13. The number of likely N-dealkylation sites (N-methyl/N-ethyl adjacent to an activating group) is 1. The van der Waals surface area contributed by atoms with E-state index >= 15 is 0 Å². The monoisotopic (exact) mass is 276 g/mol. The molecule has 1 unspecified atom stereocenters. The van der Waals surface area contributed by atoms with Crippen molar-refractivity contribution in [1.29, 1.82) is 0 Å². The fourth-order valence-electron chi connectivity index (χ4n) is 3.17. The van der Waals surface area contributed by atoms with E-state index in [0.717, 1.165) is 12.3 Å². The SMILES string of the molecule is COc1ccc(C(C)NCC2(N(C)C)CCCC2)cc1. The smallest absolute Gasteiger partial charge is 0.118 e. The molecule has 3 heteroatoms. The highest BCUT2D eigenvalue weighted by atomic mass is 16.5. The molecule has 0 bridgehead atoms.